The summed E-state index contributed by atoms with van der Waals surface area (Å²) < 4.78 is 5.60. The van der Waals surface area contributed by atoms with Gasteiger partial charge in [0.25, 0.3) is 5.91 Å². The topological polar surface area (TPSA) is 41.6 Å². The highest BCUT2D eigenvalue weighted by Crippen LogP contribution is 2.16. The molecule has 1 heterocycles. The lowest BCUT2D eigenvalue weighted by molar-refractivity contribution is -0.127. The van der Waals surface area contributed by atoms with Crippen molar-refractivity contribution in [2.45, 2.75) is 38.7 Å². The molecule has 0 bridgehead atoms. The number of hydrogen-bond donors (Lipinski definition) is 1. The Balaban J connectivity index is 1.62. The number of ether oxygens (including phenoxy) is 1. The summed E-state index contributed by atoms with van der Waals surface area (Å²) in [7, 11) is 0. The average molecular weight is 325 g/mol. The minimum atomic E-state index is -0.504. The first-order valence-electron chi connectivity index (χ1n) is 8.07. The maximum Gasteiger partial charge on any atom is 0.260 e. The number of hydrogen-bond acceptors (Lipinski definition) is 3. The number of nitrogens with one attached hydrogen (secondary N) is 1. The maximum absolute atomic E-state index is 12.0. The molecule has 1 aromatic carbocycles. The molecule has 2 rings (SSSR count). The summed E-state index contributed by atoms with van der Waals surface area (Å²) in [6.07, 6.45) is 4.44. The minimum Gasteiger partial charge on any atom is -0.481 e. The van der Waals surface area contributed by atoms with Crippen molar-refractivity contribution < 1.29 is 9.53 Å². The van der Waals surface area contributed by atoms with E-state index in [9.17, 15) is 4.79 Å². The standard InChI is InChI=1S/C17H25ClN2O2/c1-14(22-16-8-6-15(18)7-9-16)17(21)19-10-5-13-20-11-3-2-4-12-20/h6-9,14H,2-5,10-13H2,1H3,(H,19,21). The average Bonchev–Trinajstić information content (AvgIpc) is 2.54. The molecule has 1 aliphatic rings. The SMILES string of the molecule is CC(Oc1ccc(Cl)cc1)C(=O)NCCCN1CCCCC1. The molecule has 0 aliphatic carbocycles. The van der Waals surface area contributed by atoms with Crippen LogP contribution in [0.25, 0.3) is 0 Å². The fourth-order valence-electron chi connectivity index (χ4n) is 2.61. The van der Waals surface area contributed by atoms with Crippen molar-refractivity contribution in [2.75, 3.05) is 26.2 Å². The fourth-order valence-corrected chi connectivity index (χ4v) is 2.74. The summed E-state index contributed by atoms with van der Waals surface area (Å²) in [5.41, 5.74) is 0. The number of benzene rings is 1. The van der Waals surface area contributed by atoms with Crippen molar-refractivity contribution in [1.82, 2.24) is 10.2 Å². The summed E-state index contributed by atoms with van der Waals surface area (Å²) in [6.45, 7) is 5.92. The molecular weight excluding hydrogens is 300 g/mol. The number of piperidine rings is 1. The normalized spacial score (nSPS) is 17.0. The molecule has 1 unspecified atom stereocenters. The van der Waals surface area contributed by atoms with E-state index in [0.29, 0.717) is 17.3 Å². The summed E-state index contributed by atoms with van der Waals surface area (Å²) in [4.78, 5) is 14.5. The third-order valence-electron chi connectivity index (χ3n) is 3.89. The first-order chi connectivity index (χ1) is 10.6. The van der Waals surface area contributed by atoms with Crippen LogP contribution in [-0.2, 0) is 4.79 Å². The van der Waals surface area contributed by atoms with Gasteiger partial charge in [0.05, 0.1) is 0 Å². The molecule has 0 saturated carbocycles. The number of carbonyl (C=O) groups is 1. The van der Waals surface area contributed by atoms with E-state index in [-0.39, 0.29) is 5.91 Å². The van der Waals surface area contributed by atoms with Gasteiger partial charge in [0.1, 0.15) is 5.75 Å². The van der Waals surface area contributed by atoms with E-state index in [1.165, 1.54) is 32.4 Å². The van der Waals surface area contributed by atoms with Gasteiger partial charge in [0.15, 0.2) is 6.10 Å². The molecule has 1 amide bonds. The molecule has 5 heteroatoms. The van der Waals surface area contributed by atoms with Gasteiger partial charge in [-0.1, -0.05) is 18.0 Å². The Morgan fingerprint density at radius 2 is 1.95 bits per heavy atom. The predicted octanol–water partition coefficient (Wildman–Crippen LogP) is 3.10. The summed E-state index contributed by atoms with van der Waals surface area (Å²) in [5, 5.41) is 3.59. The van der Waals surface area contributed by atoms with E-state index in [1.807, 2.05) is 0 Å². The molecule has 4 nitrogen and oxygen atoms in total. The molecule has 1 aromatic rings. The Morgan fingerprint density at radius 1 is 1.27 bits per heavy atom. The van der Waals surface area contributed by atoms with E-state index in [4.69, 9.17) is 16.3 Å². The zero-order valence-electron chi connectivity index (χ0n) is 13.2. The van der Waals surface area contributed by atoms with Crippen molar-refractivity contribution in [3.05, 3.63) is 29.3 Å². The number of halogens is 1. The Morgan fingerprint density at radius 3 is 2.64 bits per heavy atom. The molecule has 22 heavy (non-hydrogen) atoms. The van der Waals surface area contributed by atoms with Crippen LogP contribution in [-0.4, -0.2) is 43.1 Å². The lowest BCUT2D eigenvalue weighted by Gasteiger charge is -2.26. The summed E-state index contributed by atoms with van der Waals surface area (Å²) in [6, 6.07) is 7.03. The third kappa shape index (κ3) is 5.85. The number of rotatable bonds is 7. The van der Waals surface area contributed by atoms with Crippen LogP contribution in [0.2, 0.25) is 5.02 Å². The fraction of sp³-hybridized carbons (Fsp3) is 0.588. The number of likely N-dealkylation sites (tertiary alicyclic amines) is 1. The number of amides is 1. The van der Waals surface area contributed by atoms with Crippen LogP contribution in [0.4, 0.5) is 0 Å². The minimum absolute atomic E-state index is 0.0754. The number of carbonyl (C=O) groups excluding carboxylic acids is 1. The molecule has 1 atom stereocenters. The highest BCUT2D eigenvalue weighted by atomic mass is 35.5. The van der Waals surface area contributed by atoms with Crippen molar-refractivity contribution in [3.8, 4) is 5.75 Å². The van der Waals surface area contributed by atoms with E-state index in [0.717, 1.165) is 13.0 Å². The van der Waals surface area contributed by atoms with Gasteiger partial charge in [0.2, 0.25) is 0 Å². The van der Waals surface area contributed by atoms with E-state index in [1.54, 1.807) is 31.2 Å². The Labute approximate surface area is 137 Å². The predicted molar refractivity (Wildman–Crippen MR) is 89.5 cm³/mol. The van der Waals surface area contributed by atoms with Gasteiger partial charge in [-0.25, -0.2) is 0 Å². The van der Waals surface area contributed by atoms with Gasteiger partial charge in [-0.2, -0.15) is 0 Å². The van der Waals surface area contributed by atoms with Crippen LogP contribution in [0.15, 0.2) is 24.3 Å². The molecule has 1 fully saturated rings. The van der Waals surface area contributed by atoms with Crippen LogP contribution >= 0.6 is 11.6 Å². The van der Waals surface area contributed by atoms with Gasteiger partial charge < -0.3 is 15.0 Å². The quantitative estimate of drug-likeness (QED) is 0.784. The zero-order valence-corrected chi connectivity index (χ0v) is 13.9. The lowest BCUT2D eigenvalue weighted by Crippen LogP contribution is -2.38. The van der Waals surface area contributed by atoms with Crippen LogP contribution in [0.3, 0.4) is 0 Å². The highest BCUT2D eigenvalue weighted by Gasteiger charge is 2.14. The summed E-state index contributed by atoms with van der Waals surface area (Å²) in [5.74, 6) is 0.578. The van der Waals surface area contributed by atoms with Crippen molar-refractivity contribution in [3.63, 3.8) is 0 Å². The lowest BCUT2D eigenvalue weighted by atomic mass is 10.1. The first-order valence-corrected chi connectivity index (χ1v) is 8.45. The molecule has 122 valence electrons. The second kappa shape index (κ2) is 9.01. The third-order valence-corrected chi connectivity index (χ3v) is 4.15. The number of nitrogens with zero attached hydrogens (tertiary/aromatic N) is 1. The molecule has 0 aromatic heterocycles. The van der Waals surface area contributed by atoms with Crippen LogP contribution < -0.4 is 10.1 Å². The Bertz CT molecular complexity index is 458. The van der Waals surface area contributed by atoms with Gasteiger partial charge in [-0.3, -0.25) is 4.79 Å². The second-order valence-corrected chi connectivity index (χ2v) is 6.20. The largest absolute Gasteiger partial charge is 0.481 e. The Hall–Kier alpha value is -1.26. The molecule has 0 radical (unpaired) electrons. The monoisotopic (exact) mass is 324 g/mol. The van der Waals surface area contributed by atoms with Crippen LogP contribution in [0, 0.1) is 0 Å². The maximum atomic E-state index is 12.0. The van der Waals surface area contributed by atoms with Crippen molar-refractivity contribution in [2.24, 2.45) is 0 Å². The zero-order chi connectivity index (χ0) is 15.8. The van der Waals surface area contributed by atoms with Crippen molar-refractivity contribution >= 4 is 17.5 Å². The van der Waals surface area contributed by atoms with Crippen LogP contribution in [0.1, 0.15) is 32.6 Å². The molecule has 1 saturated heterocycles. The van der Waals surface area contributed by atoms with Gasteiger partial charge in [-0.15, -0.1) is 0 Å². The van der Waals surface area contributed by atoms with Crippen LogP contribution in [0.5, 0.6) is 5.75 Å². The molecule has 0 spiro atoms. The van der Waals surface area contributed by atoms with E-state index < -0.39 is 6.10 Å². The molecule has 1 aliphatic heterocycles. The summed E-state index contributed by atoms with van der Waals surface area (Å²) >= 11 is 5.82. The molecule has 1 N–H and O–H groups in total. The smallest absolute Gasteiger partial charge is 0.260 e. The van der Waals surface area contributed by atoms with Gasteiger partial charge in [-0.05, 0) is 70.1 Å². The van der Waals surface area contributed by atoms with E-state index in [2.05, 4.69) is 10.2 Å². The Kier molecular flexibility index (Phi) is 7.00. The van der Waals surface area contributed by atoms with Crippen molar-refractivity contribution in [1.29, 1.82) is 0 Å². The first kappa shape index (κ1) is 17.1. The molecular formula is C17H25ClN2O2. The second-order valence-electron chi connectivity index (χ2n) is 5.76. The van der Waals surface area contributed by atoms with E-state index >= 15 is 0 Å². The van der Waals surface area contributed by atoms with Gasteiger partial charge in [0, 0.05) is 11.6 Å². The highest BCUT2D eigenvalue weighted by molar-refractivity contribution is 6.30. The van der Waals surface area contributed by atoms with Gasteiger partial charge >= 0.3 is 0 Å².